The molecular formula is C17H16ClFN2O3S2. The number of hydrogen-bond acceptors (Lipinski definition) is 4. The minimum absolute atomic E-state index is 0.0242. The molecule has 3 rings (SSSR count). The standard InChI is InChI=1S/C17H16ClFN2O3S2/c1-2-24-11-10-21-16-14(19)4-3-5-15(16)25-17(21)20-26(22,23)13-8-6-12(18)7-9-13/h3-9H,2,10-11H2,1H3/b20-17-. The molecular weight excluding hydrogens is 399 g/mol. The number of ether oxygens (including phenoxy) is 1. The van der Waals surface area contributed by atoms with E-state index in [1.54, 1.807) is 16.7 Å². The Kier molecular flexibility index (Phi) is 5.76. The molecule has 1 aromatic heterocycles. The predicted octanol–water partition coefficient (Wildman–Crippen LogP) is 3.82. The van der Waals surface area contributed by atoms with Gasteiger partial charge in [-0.05, 0) is 43.3 Å². The Morgan fingerprint density at radius 1 is 1.23 bits per heavy atom. The van der Waals surface area contributed by atoms with Gasteiger partial charge < -0.3 is 9.30 Å². The monoisotopic (exact) mass is 414 g/mol. The second-order valence-corrected chi connectivity index (χ2v) is 8.39. The molecule has 0 aliphatic rings. The van der Waals surface area contributed by atoms with Crippen molar-refractivity contribution < 1.29 is 17.5 Å². The molecule has 26 heavy (non-hydrogen) atoms. The Balaban J connectivity index is 2.16. The van der Waals surface area contributed by atoms with E-state index in [1.165, 1.54) is 30.3 Å². The summed E-state index contributed by atoms with van der Waals surface area (Å²) in [4.78, 5) is 0.218. The van der Waals surface area contributed by atoms with E-state index in [2.05, 4.69) is 4.40 Å². The van der Waals surface area contributed by atoms with Crippen molar-refractivity contribution in [2.24, 2.45) is 4.40 Å². The van der Waals surface area contributed by atoms with Crippen molar-refractivity contribution in [3.8, 4) is 0 Å². The van der Waals surface area contributed by atoms with Gasteiger partial charge in [-0.2, -0.15) is 8.42 Å². The van der Waals surface area contributed by atoms with Crippen molar-refractivity contribution in [2.45, 2.75) is 18.4 Å². The lowest BCUT2D eigenvalue weighted by atomic mass is 10.3. The summed E-state index contributed by atoms with van der Waals surface area (Å²) in [6, 6.07) is 10.4. The van der Waals surface area contributed by atoms with Crippen LogP contribution in [-0.2, 0) is 21.3 Å². The van der Waals surface area contributed by atoms with Crippen LogP contribution in [0.25, 0.3) is 10.2 Å². The lowest BCUT2D eigenvalue weighted by Crippen LogP contribution is -2.20. The number of thiazole rings is 1. The maximum Gasteiger partial charge on any atom is 0.285 e. The van der Waals surface area contributed by atoms with Gasteiger partial charge in [0.15, 0.2) is 0 Å². The van der Waals surface area contributed by atoms with Gasteiger partial charge in [-0.25, -0.2) is 4.39 Å². The Morgan fingerprint density at radius 3 is 2.65 bits per heavy atom. The van der Waals surface area contributed by atoms with Crippen LogP contribution in [0.1, 0.15) is 6.92 Å². The van der Waals surface area contributed by atoms with Crippen molar-refractivity contribution in [2.75, 3.05) is 13.2 Å². The highest BCUT2D eigenvalue weighted by Gasteiger charge is 2.16. The highest BCUT2D eigenvalue weighted by Crippen LogP contribution is 2.21. The third kappa shape index (κ3) is 3.98. The molecule has 0 radical (unpaired) electrons. The summed E-state index contributed by atoms with van der Waals surface area (Å²) in [5.41, 5.74) is 0.322. The fraction of sp³-hybridized carbons (Fsp3) is 0.235. The van der Waals surface area contributed by atoms with Gasteiger partial charge in [0.05, 0.1) is 21.7 Å². The average molecular weight is 415 g/mol. The number of halogens is 2. The van der Waals surface area contributed by atoms with Gasteiger partial charge in [-0.1, -0.05) is 29.0 Å². The van der Waals surface area contributed by atoms with E-state index in [9.17, 15) is 12.8 Å². The first kappa shape index (κ1) is 19.0. The second-order valence-electron chi connectivity index (χ2n) is 5.34. The van der Waals surface area contributed by atoms with Gasteiger partial charge in [0.2, 0.25) is 4.80 Å². The first-order chi connectivity index (χ1) is 12.4. The number of sulfonamides is 1. The van der Waals surface area contributed by atoms with E-state index in [0.717, 1.165) is 11.3 Å². The van der Waals surface area contributed by atoms with E-state index < -0.39 is 15.8 Å². The van der Waals surface area contributed by atoms with E-state index in [-0.39, 0.29) is 9.70 Å². The molecule has 0 aliphatic carbocycles. The van der Waals surface area contributed by atoms with Crippen LogP contribution in [0.5, 0.6) is 0 Å². The molecule has 5 nitrogen and oxygen atoms in total. The van der Waals surface area contributed by atoms with Crippen molar-refractivity contribution in [1.82, 2.24) is 4.57 Å². The average Bonchev–Trinajstić information content (AvgIpc) is 2.93. The summed E-state index contributed by atoms with van der Waals surface area (Å²) in [7, 11) is -3.95. The number of aromatic nitrogens is 1. The summed E-state index contributed by atoms with van der Waals surface area (Å²) in [5, 5.41) is 0.430. The molecule has 0 unspecified atom stereocenters. The molecule has 0 aliphatic heterocycles. The molecule has 0 bridgehead atoms. The Labute approximate surface area is 159 Å². The van der Waals surface area contributed by atoms with Crippen LogP contribution in [0.3, 0.4) is 0 Å². The minimum Gasteiger partial charge on any atom is -0.380 e. The van der Waals surface area contributed by atoms with E-state index >= 15 is 0 Å². The van der Waals surface area contributed by atoms with Gasteiger partial charge in [-0.15, -0.1) is 4.40 Å². The molecule has 9 heteroatoms. The SMILES string of the molecule is CCOCCn1/c(=N/S(=O)(=O)c2ccc(Cl)cc2)sc2cccc(F)c21. The minimum atomic E-state index is -3.95. The maximum atomic E-state index is 14.3. The smallest absolute Gasteiger partial charge is 0.285 e. The zero-order valence-corrected chi connectivity index (χ0v) is 16.2. The summed E-state index contributed by atoms with van der Waals surface area (Å²) in [5.74, 6) is -0.430. The molecule has 2 aromatic carbocycles. The van der Waals surface area contributed by atoms with Crippen LogP contribution >= 0.6 is 22.9 Å². The third-order valence-electron chi connectivity index (χ3n) is 3.62. The fourth-order valence-electron chi connectivity index (χ4n) is 2.43. The van der Waals surface area contributed by atoms with E-state index in [1.807, 2.05) is 6.92 Å². The van der Waals surface area contributed by atoms with Crippen molar-refractivity contribution in [3.63, 3.8) is 0 Å². The molecule has 0 saturated heterocycles. The molecule has 0 spiro atoms. The summed E-state index contributed by atoms with van der Waals surface area (Å²) < 4.78 is 51.0. The largest absolute Gasteiger partial charge is 0.380 e. The Hall–Kier alpha value is -1.74. The lowest BCUT2D eigenvalue weighted by Gasteiger charge is -2.06. The first-order valence-corrected chi connectivity index (χ1v) is 10.5. The van der Waals surface area contributed by atoms with Crippen LogP contribution in [0, 0.1) is 5.82 Å². The van der Waals surface area contributed by atoms with Crippen molar-refractivity contribution >= 4 is 43.2 Å². The molecule has 3 aromatic rings. The summed E-state index contributed by atoms with van der Waals surface area (Å²) >= 11 is 6.92. The number of rotatable bonds is 6. The number of fused-ring (bicyclic) bond motifs is 1. The number of nitrogens with zero attached hydrogens (tertiary/aromatic N) is 2. The van der Waals surface area contributed by atoms with Crippen molar-refractivity contribution in [3.05, 3.63) is 58.1 Å². The Morgan fingerprint density at radius 2 is 1.96 bits per heavy atom. The number of para-hydroxylation sites is 1. The van der Waals surface area contributed by atoms with Gasteiger partial charge in [0.1, 0.15) is 5.82 Å². The van der Waals surface area contributed by atoms with Gasteiger partial charge in [0.25, 0.3) is 10.0 Å². The molecule has 0 saturated carbocycles. The van der Waals surface area contributed by atoms with E-state index in [0.29, 0.717) is 35.0 Å². The van der Waals surface area contributed by atoms with Gasteiger partial charge in [-0.3, -0.25) is 0 Å². The van der Waals surface area contributed by atoms with E-state index in [4.69, 9.17) is 16.3 Å². The lowest BCUT2D eigenvalue weighted by molar-refractivity contribution is 0.139. The molecule has 0 atom stereocenters. The zero-order valence-electron chi connectivity index (χ0n) is 13.9. The topological polar surface area (TPSA) is 60.7 Å². The number of hydrogen-bond donors (Lipinski definition) is 0. The second kappa shape index (κ2) is 7.87. The predicted molar refractivity (Wildman–Crippen MR) is 100 cm³/mol. The van der Waals surface area contributed by atoms with Gasteiger partial charge in [0, 0.05) is 18.2 Å². The van der Waals surface area contributed by atoms with Crippen molar-refractivity contribution in [1.29, 1.82) is 0 Å². The fourth-order valence-corrected chi connectivity index (χ4v) is 4.83. The molecule has 138 valence electrons. The van der Waals surface area contributed by atoms with Crippen LogP contribution in [0.15, 0.2) is 51.8 Å². The Bertz CT molecular complexity index is 1090. The maximum absolute atomic E-state index is 14.3. The number of benzene rings is 2. The highest BCUT2D eigenvalue weighted by molar-refractivity contribution is 7.90. The summed E-state index contributed by atoms with van der Waals surface area (Å²) in [6.07, 6.45) is 0. The van der Waals surface area contributed by atoms with Crippen LogP contribution in [0.4, 0.5) is 4.39 Å². The van der Waals surface area contributed by atoms with Crippen LogP contribution in [0.2, 0.25) is 5.02 Å². The molecule has 0 amide bonds. The zero-order chi connectivity index (χ0) is 18.7. The quantitative estimate of drug-likeness (QED) is 0.576. The van der Waals surface area contributed by atoms with Gasteiger partial charge >= 0.3 is 0 Å². The van der Waals surface area contributed by atoms with Crippen LogP contribution in [-0.4, -0.2) is 26.2 Å². The normalized spacial score (nSPS) is 12.8. The first-order valence-electron chi connectivity index (χ1n) is 7.84. The summed E-state index contributed by atoms with van der Waals surface area (Å²) in [6.45, 7) is 2.99. The van der Waals surface area contributed by atoms with Crippen LogP contribution < -0.4 is 4.80 Å². The third-order valence-corrected chi connectivity index (χ3v) is 6.32. The molecule has 1 heterocycles. The highest BCUT2D eigenvalue weighted by atomic mass is 35.5. The molecule has 0 fully saturated rings. The molecule has 0 N–H and O–H groups in total.